The van der Waals surface area contributed by atoms with Crippen molar-refractivity contribution >= 4 is 28.1 Å². The number of nitrogen functional groups attached to an aromatic ring is 1. The van der Waals surface area contributed by atoms with Gasteiger partial charge in [-0.2, -0.15) is 0 Å². The van der Waals surface area contributed by atoms with E-state index in [0.717, 1.165) is 21.8 Å². The second-order valence-electron chi connectivity index (χ2n) is 3.85. The van der Waals surface area contributed by atoms with Gasteiger partial charge in [0, 0.05) is 27.5 Å². The molecule has 0 aliphatic carbocycles. The largest absolute Gasteiger partial charge is 0.358 e. The van der Waals surface area contributed by atoms with Crippen LogP contribution in [0.4, 0.5) is 5.82 Å². The highest BCUT2D eigenvalue weighted by Crippen LogP contribution is 2.34. The van der Waals surface area contributed by atoms with E-state index in [9.17, 15) is 0 Å². The van der Waals surface area contributed by atoms with Gasteiger partial charge < -0.3 is 10.4 Å². The van der Waals surface area contributed by atoms with E-state index in [2.05, 4.69) is 34.5 Å². The molecule has 0 unspecified atom stereocenters. The molecule has 0 radical (unpaired) electrons. The minimum absolute atomic E-state index is 0.703. The number of nitrogens with two attached hydrogens (primary N) is 1. The second kappa shape index (κ2) is 3.87. The summed E-state index contributed by atoms with van der Waals surface area (Å²) in [4.78, 5) is 7.81. The molecule has 86 valence electrons. The zero-order valence-electron chi connectivity index (χ0n) is 9.32. The molecule has 0 saturated carbocycles. The van der Waals surface area contributed by atoms with Crippen molar-refractivity contribution in [2.75, 3.05) is 5.43 Å². The maximum atomic E-state index is 5.35. The van der Waals surface area contributed by atoms with Crippen LogP contribution in [0.1, 0.15) is 5.69 Å². The summed E-state index contributed by atoms with van der Waals surface area (Å²) < 4.78 is 0. The predicted molar refractivity (Wildman–Crippen MR) is 72.0 cm³/mol. The Labute approximate surface area is 102 Å². The number of hydrogen-bond donors (Lipinski definition) is 3. The van der Waals surface area contributed by atoms with Gasteiger partial charge >= 0.3 is 0 Å². The highest BCUT2D eigenvalue weighted by Gasteiger charge is 2.13. The van der Waals surface area contributed by atoms with Crippen molar-refractivity contribution in [2.45, 2.75) is 6.92 Å². The van der Waals surface area contributed by atoms with E-state index in [4.69, 9.17) is 5.84 Å². The number of H-pyrrole nitrogens is 1. The van der Waals surface area contributed by atoms with Gasteiger partial charge in [0.2, 0.25) is 0 Å². The van der Waals surface area contributed by atoms with Crippen molar-refractivity contribution in [3.8, 4) is 10.6 Å². The molecule has 17 heavy (non-hydrogen) atoms. The topological polar surface area (TPSA) is 66.7 Å². The van der Waals surface area contributed by atoms with Crippen molar-refractivity contribution in [2.24, 2.45) is 5.84 Å². The van der Waals surface area contributed by atoms with E-state index >= 15 is 0 Å². The van der Waals surface area contributed by atoms with Crippen molar-refractivity contribution in [3.05, 3.63) is 35.3 Å². The maximum absolute atomic E-state index is 5.35. The third-order valence-corrected chi connectivity index (χ3v) is 3.62. The molecule has 0 aliphatic rings. The molecule has 3 rings (SSSR count). The first kappa shape index (κ1) is 10.3. The normalized spacial score (nSPS) is 10.9. The molecule has 0 atom stereocenters. The zero-order chi connectivity index (χ0) is 11.8. The lowest BCUT2D eigenvalue weighted by Gasteiger charge is -1.96. The Morgan fingerprint density at radius 2 is 2.18 bits per heavy atom. The SMILES string of the molecule is Cc1[nH]c2ccccc2c1-c1nc(NN)cs1. The first-order chi connectivity index (χ1) is 8.29. The van der Waals surface area contributed by atoms with Crippen LogP contribution in [0.25, 0.3) is 21.5 Å². The number of aromatic amines is 1. The number of aryl methyl sites for hydroxylation is 1. The second-order valence-corrected chi connectivity index (χ2v) is 4.71. The van der Waals surface area contributed by atoms with Gasteiger partial charge in [0.25, 0.3) is 0 Å². The third-order valence-electron chi connectivity index (χ3n) is 2.76. The molecule has 0 amide bonds. The summed E-state index contributed by atoms with van der Waals surface area (Å²) in [6, 6.07) is 8.23. The molecule has 4 nitrogen and oxygen atoms in total. The van der Waals surface area contributed by atoms with Crippen LogP contribution in [-0.4, -0.2) is 9.97 Å². The van der Waals surface area contributed by atoms with Crippen LogP contribution >= 0.6 is 11.3 Å². The molecule has 1 aromatic carbocycles. The summed E-state index contributed by atoms with van der Waals surface area (Å²) in [7, 11) is 0. The van der Waals surface area contributed by atoms with E-state index in [1.165, 1.54) is 5.39 Å². The summed E-state index contributed by atoms with van der Waals surface area (Å²) in [5.74, 6) is 6.06. The average molecular weight is 244 g/mol. The van der Waals surface area contributed by atoms with Gasteiger partial charge in [0.15, 0.2) is 5.82 Å². The van der Waals surface area contributed by atoms with Gasteiger partial charge in [0.1, 0.15) is 5.01 Å². The molecule has 0 bridgehead atoms. The molecule has 0 spiro atoms. The lowest BCUT2D eigenvalue weighted by Crippen LogP contribution is -2.06. The van der Waals surface area contributed by atoms with Crippen LogP contribution in [0, 0.1) is 6.92 Å². The van der Waals surface area contributed by atoms with Gasteiger partial charge in [-0.15, -0.1) is 11.3 Å². The number of benzene rings is 1. The fourth-order valence-electron chi connectivity index (χ4n) is 2.01. The van der Waals surface area contributed by atoms with Crippen LogP contribution in [0.3, 0.4) is 0 Å². The van der Waals surface area contributed by atoms with E-state index in [0.29, 0.717) is 5.82 Å². The van der Waals surface area contributed by atoms with Gasteiger partial charge in [-0.05, 0) is 13.0 Å². The Balaban J connectivity index is 2.25. The van der Waals surface area contributed by atoms with Gasteiger partial charge in [-0.3, -0.25) is 0 Å². The molecule has 0 fully saturated rings. The standard InChI is InChI=1S/C12H12N4S/c1-7-11(12-15-10(16-13)6-17-12)8-4-2-3-5-9(8)14-7/h2-6,14,16H,13H2,1H3. The average Bonchev–Trinajstić information content (AvgIpc) is 2.91. The highest BCUT2D eigenvalue weighted by molar-refractivity contribution is 7.13. The number of hydrazine groups is 1. The quantitative estimate of drug-likeness (QED) is 0.479. The molecule has 3 aromatic rings. The Kier molecular flexibility index (Phi) is 2.35. The van der Waals surface area contributed by atoms with E-state index < -0.39 is 0 Å². The summed E-state index contributed by atoms with van der Waals surface area (Å²) in [5, 5.41) is 4.09. The zero-order valence-corrected chi connectivity index (χ0v) is 10.1. The smallest absolute Gasteiger partial charge is 0.151 e. The van der Waals surface area contributed by atoms with Crippen molar-refractivity contribution in [3.63, 3.8) is 0 Å². The number of hydrogen-bond acceptors (Lipinski definition) is 4. The van der Waals surface area contributed by atoms with Gasteiger partial charge in [-0.25, -0.2) is 10.8 Å². The van der Waals surface area contributed by atoms with Gasteiger partial charge in [0.05, 0.1) is 0 Å². The molecular weight excluding hydrogens is 232 g/mol. The summed E-state index contributed by atoms with van der Waals surface area (Å²) >= 11 is 1.59. The summed E-state index contributed by atoms with van der Waals surface area (Å²) in [6.45, 7) is 2.06. The predicted octanol–water partition coefficient (Wildman–Crippen LogP) is 2.89. The fourth-order valence-corrected chi connectivity index (χ4v) is 2.88. The summed E-state index contributed by atoms with van der Waals surface area (Å²) in [6.07, 6.45) is 0. The first-order valence-corrected chi connectivity index (χ1v) is 6.17. The molecule has 2 aromatic heterocycles. The third kappa shape index (κ3) is 1.60. The van der Waals surface area contributed by atoms with E-state index in [-0.39, 0.29) is 0 Å². The van der Waals surface area contributed by atoms with Crippen LogP contribution in [0.15, 0.2) is 29.6 Å². The Hall–Kier alpha value is -1.85. The maximum Gasteiger partial charge on any atom is 0.151 e. The summed E-state index contributed by atoms with van der Waals surface area (Å²) in [5.41, 5.74) is 5.99. The fraction of sp³-hybridized carbons (Fsp3) is 0.0833. The van der Waals surface area contributed by atoms with Crippen molar-refractivity contribution in [1.29, 1.82) is 0 Å². The van der Waals surface area contributed by atoms with Gasteiger partial charge in [-0.1, -0.05) is 18.2 Å². The van der Waals surface area contributed by atoms with Crippen LogP contribution in [0.5, 0.6) is 0 Å². The molecule has 0 saturated heterocycles. The van der Waals surface area contributed by atoms with E-state index in [1.807, 2.05) is 17.5 Å². The minimum atomic E-state index is 0.703. The van der Waals surface area contributed by atoms with Crippen LogP contribution < -0.4 is 11.3 Å². The minimum Gasteiger partial charge on any atom is -0.358 e. The number of aromatic nitrogens is 2. The number of anilines is 1. The molecule has 2 heterocycles. The number of thiazole rings is 1. The highest BCUT2D eigenvalue weighted by atomic mass is 32.1. The number of fused-ring (bicyclic) bond motifs is 1. The number of nitrogens with one attached hydrogen (secondary N) is 2. The van der Waals surface area contributed by atoms with Crippen molar-refractivity contribution < 1.29 is 0 Å². The lowest BCUT2D eigenvalue weighted by molar-refractivity contribution is 1.26. The first-order valence-electron chi connectivity index (χ1n) is 5.29. The Bertz CT molecular complexity index is 668. The molecule has 0 aliphatic heterocycles. The molecular formula is C12H12N4S. The van der Waals surface area contributed by atoms with Crippen molar-refractivity contribution in [1.82, 2.24) is 9.97 Å². The Morgan fingerprint density at radius 3 is 2.94 bits per heavy atom. The number of nitrogens with zero attached hydrogens (tertiary/aromatic N) is 1. The molecule has 4 N–H and O–H groups in total. The van der Waals surface area contributed by atoms with Crippen LogP contribution in [0.2, 0.25) is 0 Å². The van der Waals surface area contributed by atoms with E-state index in [1.54, 1.807) is 11.3 Å². The molecule has 5 heteroatoms. The number of para-hydroxylation sites is 1. The van der Waals surface area contributed by atoms with Crippen LogP contribution in [-0.2, 0) is 0 Å². The Morgan fingerprint density at radius 1 is 1.35 bits per heavy atom. The monoisotopic (exact) mass is 244 g/mol. The lowest BCUT2D eigenvalue weighted by atomic mass is 10.1. The number of rotatable bonds is 2.